The molecule has 3 aromatic rings. The highest BCUT2D eigenvalue weighted by Gasteiger charge is 2.33. The first kappa shape index (κ1) is 30.4. The fourth-order valence-electron chi connectivity index (χ4n) is 3.77. The number of carbonyl (C=O) groups excluding carboxylic acids is 2. The number of benzene rings is 3. The Balaban J connectivity index is 2.04. The Bertz CT molecular complexity index is 1420. The first-order valence-electron chi connectivity index (χ1n) is 12.3. The third-order valence-electron chi connectivity index (χ3n) is 6.21. The largest absolute Gasteiger partial charge is 0.352 e. The van der Waals surface area contributed by atoms with E-state index in [1.165, 1.54) is 23.1 Å². The van der Waals surface area contributed by atoms with Gasteiger partial charge in [-0.2, -0.15) is 0 Å². The van der Waals surface area contributed by atoms with Crippen LogP contribution in [0, 0.1) is 5.82 Å². The van der Waals surface area contributed by atoms with Crippen LogP contribution in [-0.4, -0.2) is 43.8 Å². The van der Waals surface area contributed by atoms with Gasteiger partial charge in [-0.1, -0.05) is 60.5 Å². The van der Waals surface area contributed by atoms with E-state index in [2.05, 4.69) is 5.32 Å². The van der Waals surface area contributed by atoms with Gasteiger partial charge in [-0.25, -0.2) is 12.8 Å². The van der Waals surface area contributed by atoms with Gasteiger partial charge in [-0.3, -0.25) is 13.9 Å². The average Bonchev–Trinajstić information content (AvgIpc) is 2.91. The van der Waals surface area contributed by atoms with Crippen LogP contribution >= 0.6 is 23.2 Å². The lowest BCUT2D eigenvalue weighted by molar-refractivity contribution is -0.139. The highest BCUT2D eigenvalue weighted by molar-refractivity contribution is 7.92. The molecule has 2 amide bonds. The number of hydrogen-bond donors (Lipinski definition) is 1. The molecule has 0 saturated heterocycles. The minimum Gasteiger partial charge on any atom is -0.352 e. The Morgan fingerprint density at radius 3 is 2.28 bits per heavy atom. The fraction of sp³-hybridized carbons (Fsp3) is 0.286. The van der Waals surface area contributed by atoms with Gasteiger partial charge >= 0.3 is 0 Å². The van der Waals surface area contributed by atoms with E-state index in [1.54, 1.807) is 49.4 Å². The molecule has 0 spiro atoms. The van der Waals surface area contributed by atoms with Crippen molar-refractivity contribution in [1.82, 2.24) is 10.2 Å². The first-order valence-corrected chi connectivity index (χ1v) is 14.5. The summed E-state index contributed by atoms with van der Waals surface area (Å²) in [4.78, 5) is 28.1. The lowest BCUT2D eigenvalue weighted by Crippen LogP contribution is -2.52. The summed E-state index contributed by atoms with van der Waals surface area (Å²) in [5.74, 6) is -1.77. The van der Waals surface area contributed by atoms with Gasteiger partial charge in [0.15, 0.2) is 0 Å². The third kappa shape index (κ3) is 7.71. The van der Waals surface area contributed by atoms with E-state index in [1.807, 2.05) is 13.8 Å². The van der Waals surface area contributed by atoms with Crippen molar-refractivity contribution in [3.8, 4) is 0 Å². The van der Waals surface area contributed by atoms with Gasteiger partial charge in [0.05, 0.1) is 15.6 Å². The number of amides is 2. The molecule has 0 unspecified atom stereocenters. The van der Waals surface area contributed by atoms with Crippen molar-refractivity contribution in [2.75, 3.05) is 10.8 Å². The van der Waals surface area contributed by atoms with Gasteiger partial charge < -0.3 is 10.2 Å². The molecule has 2 atom stereocenters. The molecule has 7 nitrogen and oxygen atoms in total. The molecule has 0 saturated carbocycles. The molecular weight excluding hydrogens is 564 g/mol. The molecule has 208 valence electrons. The molecule has 0 heterocycles. The zero-order chi connectivity index (χ0) is 28.7. The monoisotopic (exact) mass is 593 g/mol. The predicted molar refractivity (Wildman–Crippen MR) is 152 cm³/mol. The lowest BCUT2D eigenvalue weighted by atomic mass is 10.1. The van der Waals surface area contributed by atoms with Crippen LogP contribution in [0.4, 0.5) is 10.1 Å². The fourth-order valence-corrected chi connectivity index (χ4v) is 5.58. The van der Waals surface area contributed by atoms with Crippen molar-refractivity contribution in [2.24, 2.45) is 0 Å². The van der Waals surface area contributed by atoms with E-state index >= 15 is 0 Å². The van der Waals surface area contributed by atoms with Crippen molar-refractivity contribution < 1.29 is 22.4 Å². The molecule has 0 aromatic heterocycles. The van der Waals surface area contributed by atoms with E-state index in [9.17, 15) is 22.4 Å². The van der Waals surface area contributed by atoms with Gasteiger partial charge in [-0.05, 0) is 68.3 Å². The van der Waals surface area contributed by atoms with Crippen LogP contribution in [0.1, 0.15) is 32.8 Å². The molecular formula is C28H30Cl2FN3O4S. The van der Waals surface area contributed by atoms with Crippen molar-refractivity contribution in [3.63, 3.8) is 0 Å². The maximum absolute atomic E-state index is 13.9. The van der Waals surface area contributed by atoms with E-state index in [4.69, 9.17) is 23.2 Å². The zero-order valence-corrected chi connectivity index (χ0v) is 24.1. The number of halogens is 3. The van der Waals surface area contributed by atoms with Crippen molar-refractivity contribution in [1.29, 1.82) is 0 Å². The Morgan fingerprint density at radius 2 is 1.67 bits per heavy atom. The van der Waals surface area contributed by atoms with E-state index in [0.717, 1.165) is 16.4 Å². The molecule has 3 aromatic carbocycles. The highest BCUT2D eigenvalue weighted by atomic mass is 35.5. The molecule has 11 heteroatoms. The van der Waals surface area contributed by atoms with E-state index in [0.29, 0.717) is 17.0 Å². The van der Waals surface area contributed by atoms with Gasteiger partial charge in [0.2, 0.25) is 11.8 Å². The maximum atomic E-state index is 13.9. The highest BCUT2D eigenvalue weighted by Crippen LogP contribution is 2.28. The van der Waals surface area contributed by atoms with Crippen LogP contribution in [0.2, 0.25) is 10.0 Å². The normalized spacial score (nSPS) is 12.9. The number of nitrogens with one attached hydrogen (secondary N) is 1. The number of carbonyl (C=O) groups is 2. The Hall–Kier alpha value is -3.14. The Labute approximate surface area is 238 Å². The SMILES string of the molecule is CC[C@H](C)NC(=O)[C@@H](C)N(Cc1cccc(Cl)c1)C(=O)CN(c1ccc(F)c(Cl)c1)S(=O)(=O)c1ccccc1. The van der Waals surface area contributed by atoms with Crippen molar-refractivity contribution in [2.45, 2.75) is 50.7 Å². The zero-order valence-electron chi connectivity index (χ0n) is 21.8. The number of hydrogen-bond acceptors (Lipinski definition) is 4. The second-order valence-electron chi connectivity index (χ2n) is 9.07. The molecule has 0 aliphatic rings. The summed E-state index contributed by atoms with van der Waals surface area (Å²) in [5, 5.41) is 3.02. The number of anilines is 1. The summed E-state index contributed by atoms with van der Waals surface area (Å²) in [6.45, 7) is 4.67. The predicted octanol–water partition coefficient (Wildman–Crippen LogP) is 5.66. The summed E-state index contributed by atoms with van der Waals surface area (Å²) < 4.78 is 42.2. The van der Waals surface area contributed by atoms with Crippen molar-refractivity contribution in [3.05, 3.63) is 94.2 Å². The summed E-state index contributed by atoms with van der Waals surface area (Å²) in [7, 11) is -4.28. The smallest absolute Gasteiger partial charge is 0.264 e. The summed E-state index contributed by atoms with van der Waals surface area (Å²) >= 11 is 12.1. The maximum Gasteiger partial charge on any atom is 0.264 e. The molecule has 1 N–H and O–H groups in total. The second kappa shape index (κ2) is 13.3. The van der Waals surface area contributed by atoms with Gasteiger partial charge in [-0.15, -0.1) is 0 Å². The molecule has 0 radical (unpaired) electrons. The lowest BCUT2D eigenvalue weighted by Gasteiger charge is -2.32. The van der Waals surface area contributed by atoms with E-state index < -0.39 is 34.3 Å². The molecule has 0 bridgehead atoms. The van der Waals surface area contributed by atoms with Crippen LogP contribution in [0.25, 0.3) is 0 Å². The van der Waals surface area contributed by atoms with Crippen LogP contribution in [0.15, 0.2) is 77.7 Å². The van der Waals surface area contributed by atoms with Gasteiger partial charge in [0, 0.05) is 17.6 Å². The van der Waals surface area contributed by atoms with Gasteiger partial charge in [0.25, 0.3) is 10.0 Å². The summed E-state index contributed by atoms with van der Waals surface area (Å²) in [6, 6.07) is 16.7. The van der Waals surface area contributed by atoms with E-state index in [-0.39, 0.29) is 34.1 Å². The number of nitrogens with zero attached hydrogens (tertiary/aromatic N) is 2. The summed E-state index contributed by atoms with van der Waals surface area (Å²) in [6.07, 6.45) is 0.690. The number of sulfonamides is 1. The Kier molecular flexibility index (Phi) is 10.4. The molecule has 39 heavy (non-hydrogen) atoms. The first-order chi connectivity index (χ1) is 18.4. The third-order valence-corrected chi connectivity index (χ3v) is 8.52. The Morgan fingerprint density at radius 1 is 0.974 bits per heavy atom. The number of rotatable bonds is 11. The standard InChI is InChI=1S/C28H30Cl2FN3O4S/c1-4-19(2)32-28(36)20(3)33(17-21-9-8-10-22(29)15-21)27(35)18-34(23-13-14-26(31)25(30)16-23)39(37,38)24-11-6-5-7-12-24/h5-16,19-20H,4,17-18H2,1-3H3,(H,32,36)/t19-,20+/m0/s1. The second-order valence-corrected chi connectivity index (χ2v) is 11.8. The molecule has 0 aliphatic carbocycles. The minimum absolute atomic E-state index is 0.00183. The average molecular weight is 595 g/mol. The summed E-state index contributed by atoms with van der Waals surface area (Å²) in [5.41, 5.74) is 0.652. The molecule has 0 aliphatic heterocycles. The topological polar surface area (TPSA) is 86.8 Å². The molecule has 3 rings (SSSR count). The quantitative estimate of drug-likeness (QED) is 0.311. The van der Waals surface area contributed by atoms with Crippen LogP contribution < -0.4 is 9.62 Å². The molecule has 0 fully saturated rings. The van der Waals surface area contributed by atoms with Crippen LogP contribution in [0.5, 0.6) is 0 Å². The minimum atomic E-state index is -4.28. The van der Waals surface area contributed by atoms with Gasteiger partial charge in [0.1, 0.15) is 18.4 Å². The van der Waals surface area contributed by atoms with Crippen LogP contribution in [-0.2, 0) is 26.2 Å². The van der Waals surface area contributed by atoms with Crippen molar-refractivity contribution >= 4 is 50.7 Å². The van der Waals surface area contributed by atoms with Crippen LogP contribution in [0.3, 0.4) is 0 Å².